The summed E-state index contributed by atoms with van der Waals surface area (Å²) >= 11 is 1.81. The number of amides is 1. The topological polar surface area (TPSA) is 50.4 Å². The van der Waals surface area contributed by atoms with E-state index in [9.17, 15) is 4.79 Å². The van der Waals surface area contributed by atoms with Gasteiger partial charge in [0.15, 0.2) is 0 Å². The predicted molar refractivity (Wildman–Crippen MR) is 84.6 cm³/mol. The molecule has 2 rings (SSSR count). The fourth-order valence-electron chi connectivity index (χ4n) is 1.93. The van der Waals surface area contributed by atoms with E-state index in [-0.39, 0.29) is 18.1 Å². The Labute approximate surface area is 124 Å². The molecule has 1 aromatic carbocycles. The van der Waals surface area contributed by atoms with E-state index in [0.717, 1.165) is 35.9 Å². The quantitative estimate of drug-likeness (QED) is 0.876. The number of hydrogen-bond acceptors (Lipinski definition) is 4. The maximum Gasteiger partial charge on any atom is 0.242 e. The molecular formula is C15H22N2O2S. The second-order valence-electron chi connectivity index (χ2n) is 4.94. The zero-order chi connectivity index (χ0) is 14.4. The Bertz CT molecular complexity index is 447. The van der Waals surface area contributed by atoms with Gasteiger partial charge >= 0.3 is 0 Å². The third kappa shape index (κ3) is 4.42. The van der Waals surface area contributed by atoms with Crippen LogP contribution in [0.2, 0.25) is 0 Å². The summed E-state index contributed by atoms with van der Waals surface area (Å²) in [4.78, 5) is 12.1. The molecule has 2 unspecified atom stereocenters. The molecule has 110 valence electrons. The molecule has 0 aliphatic carbocycles. The lowest BCUT2D eigenvalue weighted by Gasteiger charge is -2.22. The molecule has 0 aromatic heterocycles. The minimum atomic E-state index is -0.104. The molecule has 1 aromatic rings. The maximum absolute atomic E-state index is 12.1. The predicted octanol–water partition coefficient (Wildman–Crippen LogP) is 2.51. The van der Waals surface area contributed by atoms with Crippen LogP contribution in [0, 0.1) is 0 Å². The SMILES string of the molecule is CCC(C)Oc1cccc(NC(=O)C2CSCCN2)c1. The van der Waals surface area contributed by atoms with Crippen LogP contribution in [-0.2, 0) is 4.79 Å². The van der Waals surface area contributed by atoms with Crippen molar-refractivity contribution in [3.8, 4) is 5.75 Å². The lowest BCUT2D eigenvalue weighted by Crippen LogP contribution is -2.46. The summed E-state index contributed by atoms with van der Waals surface area (Å²) in [5, 5.41) is 6.18. The summed E-state index contributed by atoms with van der Waals surface area (Å²) in [7, 11) is 0. The summed E-state index contributed by atoms with van der Waals surface area (Å²) in [6, 6.07) is 7.47. The van der Waals surface area contributed by atoms with Gasteiger partial charge < -0.3 is 15.4 Å². The number of carbonyl (C=O) groups excluding carboxylic acids is 1. The normalized spacial score (nSPS) is 20.2. The van der Waals surface area contributed by atoms with Gasteiger partial charge in [-0.2, -0.15) is 11.8 Å². The number of carbonyl (C=O) groups is 1. The number of hydrogen-bond donors (Lipinski definition) is 2. The fourth-order valence-corrected chi connectivity index (χ4v) is 2.86. The van der Waals surface area contributed by atoms with E-state index >= 15 is 0 Å². The van der Waals surface area contributed by atoms with Crippen LogP contribution in [0.15, 0.2) is 24.3 Å². The Balaban J connectivity index is 1.94. The smallest absolute Gasteiger partial charge is 0.242 e. The Morgan fingerprint density at radius 1 is 1.60 bits per heavy atom. The van der Waals surface area contributed by atoms with E-state index in [1.54, 1.807) is 0 Å². The number of rotatable bonds is 5. The molecule has 1 fully saturated rings. The average Bonchev–Trinajstić information content (AvgIpc) is 2.48. The zero-order valence-electron chi connectivity index (χ0n) is 12.0. The number of anilines is 1. The van der Waals surface area contributed by atoms with Gasteiger partial charge in [0.2, 0.25) is 5.91 Å². The summed E-state index contributed by atoms with van der Waals surface area (Å²) in [5.41, 5.74) is 0.785. The summed E-state index contributed by atoms with van der Waals surface area (Å²) in [5.74, 6) is 2.72. The van der Waals surface area contributed by atoms with Gasteiger partial charge in [-0.1, -0.05) is 13.0 Å². The van der Waals surface area contributed by atoms with Gasteiger partial charge in [-0.15, -0.1) is 0 Å². The first-order chi connectivity index (χ1) is 9.69. The number of thioether (sulfide) groups is 1. The first-order valence-corrected chi connectivity index (χ1v) is 8.23. The van der Waals surface area contributed by atoms with Crippen molar-refractivity contribution in [2.24, 2.45) is 0 Å². The van der Waals surface area contributed by atoms with Crippen molar-refractivity contribution in [3.63, 3.8) is 0 Å². The van der Waals surface area contributed by atoms with Crippen molar-refractivity contribution in [2.75, 3.05) is 23.4 Å². The Kier molecular flexibility index (Phi) is 5.73. The van der Waals surface area contributed by atoms with E-state index in [1.165, 1.54) is 0 Å². The van der Waals surface area contributed by atoms with Gasteiger partial charge in [0.1, 0.15) is 5.75 Å². The first kappa shape index (κ1) is 15.2. The minimum absolute atomic E-state index is 0.0258. The molecule has 0 bridgehead atoms. The van der Waals surface area contributed by atoms with Gasteiger partial charge in [0.05, 0.1) is 12.1 Å². The van der Waals surface area contributed by atoms with Crippen LogP contribution < -0.4 is 15.4 Å². The van der Waals surface area contributed by atoms with Gasteiger partial charge in [0.25, 0.3) is 0 Å². The van der Waals surface area contributed by atoms with Crippen LogP contribution in [0.4, 0.5) is 5.69 Å². The Hall–Kier alpha value is -1.20. The van der Waals surface area contributed by atoms with Crippen LogP contribution in [0.3, 0.4) is 0 Å². The van der Waals surface area contributed by atoms with Gasteiger partial charge in [-0.05, 0) is 25.5 Å². The van der Waals surface area contributed by atoms with Crippen LogP contribution >= 0.6 is 11.8 Å². The molecular weight excluding hydrogens is 272 g/mol. The van der Waals surface area contributed by atoms with Crippen molar-refractivity contribution in [3.05, 3.63) is 24.3 Å². The molecule has 0 saturated carbocycles. The van der Waals surface area contributed by atoms with Gasteiger partial charge in [-0.25, -0.2) is 0 Å². The Morgan fingerprint density at radius 3 is 3.15 bits per heavy atom. The van der Waals surface area contributed by atoms with Crippen LogP contribution in [0.1, 0.15) is 20.3 Å². The maximum atomic E-state index is 12.1. The van der Waals surface area contributed by atoms with Gasteiger partial charge in [-0.3, -0.25) is 4.79 Å². The van der Waals surface area contributed by atoms with E-state index < -0.39 is 0 Å². The molecule has 0 spiro atoms. The van der Waals surface area contributed by atoms with Crippen LogP contribution in [0.25, 0.3) is 0 Å². The third-order valence-electron chi connectivity index (χ3n) is 3.25. The van der Waals surface area contributed by atoms with Crippen molar-refractivity contribution < 1.29 is 9.53 Å². The molecule has 1 saturated heterocycles. The molecule has 20 heavy (non-hydrogen) atoms. The van der Waals surface area contributed by atoms with Crippen LogP contribution in [-0.4, -0.2) is 36.1 Å². The highest BCUT2D eigenvalue weighted by atomic mass is 32.2. The van der Waals surface area contributed by atoms with Crippen molar-refractivity contribution in [1.29, 1.82) is 0 Å². The molecule has 0 radical (unpaired) electrons. The molecule has 1 heterocycles. The van der Waals surface area contributed by atoms with Crippen LogP contribution in [0.5, 0.6) is 5.75 Å². The second kappa shape index (κ2) is 7.55. The van der Waals surface area contributed by atoms with Crippen molar-refractivity contribution >= 4 is 23.4 Å². The molecule has 2 N–H and O–H groups in total. The second-order valence-corrected chi connectivity index (χ2v) is 6.09. The summed E-state index contributed by atoms with van der Waals surface area (Å²) in [6.07, 6.45) is 1.14. The van der Waals surface area contributed by atoms with E-state index in [2.05, 4.69) is 17.6 Å². The van der Waals surface area contributed by atoms with E-state index in [0.29, 0.717) is 0 Å². The monoisotopic (exact) mass is 294 g/mol. The van der Waals surface area contributed by atoms with Crippen molar-refractivity contribution in [2.45, 2.75) is 32.4 Å². The van der Waals surface area contributed by atoms with E-state index in [1.807, 2.05) is 43.0 Å². The van der Waals surface area contributed by atoms with Crippen molar-refractivity contribution in [1.82, 2.24) is 5.32 Å². The lowest BCUT2D eigenvalue weighted by atomic mass is 10.2. The standard InChI is InChI=1S/C15H22N2O2S/c1-3-11(2)19-13-6-4-5-12(9-13)17-15(18)14-10-20-8-7-16-14/h4-6,9,11,14,16H,3,7-8,10H2,1-2H3,(H,17,18). The lowest BCUT2D eigenvalue weighted by molar-refractivity contribution is -0.117. The largest absolute Gasteiger partial charge is 0.491 e. The molecule has 4 nitrogen and oxygen atoms in total. The average molecular weight is 294 g/mol. The third-order valence-corrected chi connectivity index (χ3v) is 4.31. The number of benzene rings is 1. The number of ether oxygens (including phenoxy) is 1. The highest BCUT2D eigenvalue weighted by Gasteiger charge is 2.20. The Morgan fingerprint density at radius 2 is 2.45 bits per heavy atom. The summed E-state index contributed by atoms with van der Waals surface area (Å²) < 4.78 is 5.76. The zero-order valence-corrected chi connectivity index (χ0v) is 12.8. The first-order valence-electron chi connectivity index (χ1n) is 7.07. The highest BCUT2D eigenvalue weighted by molar-refractivity contribution is 7.99. The number of nitrogens with one attached hydrogen (secondary N) is 2. The molecule has 1 aliphatic rings. The van der Waals surface area contributed by atoms with E-state index in [4.69, 9.17) is 4.74 Å². The molecule has 5 heteroatoms. The molecule has 1 amide bonds. The minimum Gasteiger partial charge on any atom is -0.491 e. The highest BCUT2D eigenvalue weighted by Crippen LogP contribution is 2.20. The fraction of sp³-hybridized carbons (Fsp3) is 0.533. The molecule has 2 atom stereocenters. The van der Waals surface area contributed by atoms with Gasteiger partial charge in [0, 0.05) is 29.8 Å². The molecule has 1 aliphatic heterocycles. The summed E-state index contributed by atoms with van der Waals surface area (Å²) in [6.45, 7) is 5.01.